The average Bonchev–Trinajstić information content (AvgIpc) is 2.72. The monoisotopic (exact) mass is 411 g/mol. The molecule has 30 heavy (non-hydrogen) atoms. The first-order valence-corrected chi connectivity index (χ1v) is 9.98. The Morgan fingerprint density at radius 3 is 2.37 bits per heavy atom. The van der Waals surface area contributed by atoms with Gasteiger partial charge in [-0.25, -0.2) is 4.79 Å². The fourth-order valence-electron chi connectivity index (χ4n) is 3.51. The van der Waals surface area contributed by atoms with E-state index in [2.05, 4.69) is 0 Å². The standard InChI is InChI=1S/C24H29NO5/c1-24(2,3)30-23(28)25-13-12-20(21(15-25)22(27)29-4)18-7-5-6-17(14-18)16-8-10-19(26)11-9-16/h5-11,14,22,26-27H,12-13,15H2,1-4H3. The molecule has 160 valence electrons. The maximum atomic E-state index is 12.5. The van der Waals surface area contributed by atoms with Crippen LogP contribution in [0, 0.1) is 0 Å². The smallest absolute Gasteiger partial charge is 0.410 e. The number of aliphatic hydroxyl groups is 1. The summed E-state index contributed by atoms with van der Waals surface area (Å²) in [6.45, 7) is 6.22. The molecule has 0 saturated carbocycles. The van der Waals surface area contributed by atoms with Crippen molar-refractivity contribution in [2.45, 2.75) is 39.1 Å². The minimum atomic E-state index is -1.11. The van der Waals surface area contributed by atoms with Crippen molar-refractivity contribution in [1.82, 2.24) is 4.90 Å². The van der Waals surface area contributed by atoms with Crippen LogP contribution in [0.3, 0.4) is 0 Å². The Morgan fingerprint density at radius 1 is 1.07 bits per heavy atom. The maximum Gasteiger partial charge on any atom is 0.410 e. The molecular formula is C24H29NO5. The maximum absolute atomic E-state index is 12.5. The molecule has 2 aromatic carbocycles. The van der Waals surface area contributed by atoms with Crippen LogP contribution < -0.4 is 0 Å². The minimum Gasteiger partial charge on any atom is -0.508 e. The highest BCUT2D eigenvalue weighted by molar-refractivity contribution is 5.78. The van der Waals surface area contributed by atoms with Gasteiger partial charge in [-0.1, -0.05) is 30.3 Å². The summed E-state index contributed by atoms with van der Waals surface area (Å²) in [5, 5.41) is 20.0. The summed E-state index contributed by atoms with van der Waals surface area (Å²) in [6, 6.07) is 15.0. The highest BCUT2D eigenvalue weighted by Crippen LogP contribution is 2.33. The molecule has 3 rings (SSSR count). The van der Waals surface area contributed by atoms with Gasteiger partial charge in [0.05, 0.1) is 6.54 Å². The summed E-state index contributed by atoms with van der Waals surface area (Å²) in [5.41, 5.74) is 3.98. The van der Waals surface area contributed by atoms with E-state index in [-0.39, 0.29) is 12.3 Å². The number of hydrogen-bond donors (Lipinski definition) is 2. The summed E-state index contributed by atoms with van der Waals surface area (Å²) >= 11 is 0. The van der Waals surface area contributed by atoms with Crippen molar-refractivity contribution < 1.29 is 24.5 Å². The Balaban J connectivity index is 1.93. The number of phenolic OH excluding ortho intramolecular Hbond substituents is 1. The second-order valence-corrected chi connectivity index (χ2v) is 8.37. The average molecular weight is 411 g/mol. The summed E-state index contributed by atoms with van der Waals surface area (Å²) < 4.78 is 10.7. The number of phenols is 1. The molecule has 0 aliphatic carbocycles. The molecule has 1 atom stereocenters. The van der Waals surface area contributed by atoms with Crippen molar-refractivity contribution in [2.24, 2.45) is 0 Å². The van der Waals surface area contributed by atoms with Crippen molar-refractivity contribution in [1.29, 1.82) is 0 Å². The van der Waals surface area contributed by atoms with Crippen molar-refractivity contribution in [2.75, 3.05) is 20.2 Å². The molecule has 0 spiro atoms. The summed E-state index contributed by atoms with van der Waals surface area (Å²) in [4.78, 5) is 14.1. The Bertz CT molecular complexity index is 927. The number of carbonyl (C=O) groups excluding carboxylic acids is 1. The molecule has 0 saturated heterocycles. The molecule has 0 radical (unpaired) electrons. The molecule has 1 aliphatic heterocycles. The predicted molar refractivity (Wildman–Crippen MR) is 116 cm³/mol. The van der Waals surface area contributed by atoms with Crippen LogP contribution in [0.5, 0.6) is 5.75 Å². The van der Waals surface area contributed by atoms with Crippen LogP contribution in [-0.4, -0.2) is 53.3 Å². The number of benzene rings is 2. The Kier molecular flexibility index (Phi) is 6.48. The SMILES string of the molecule is COC(O)C1=C(c2cccc(-c3ccc(O)cc3)c2)CCN(C(=O)OC(C)(C)C)C1. The lowest BCUT2D eigenvalue weighted by Crippen LogP contribution is -2.42. The van der Waals surface area contributed by atoms with Crippen LogP contribution in [0.25, 0.3) is 16.7 Å². The van der Waals surface area contributed by atoms with Gasteiger partial charge in [0, 0.05) is 19.2 Å². The fraction of sp³-hybridized carbons (Fsp3) is 0.375. The zero-order valence-electron chi connectivity index (χ0n) is 17.9. The number of aliphatic hydroxyl groups excluding tert-OH is 1. The highest BCUT2D eigenvalue weighted by atomic mass is 16.6. The summed E-state index contributed by atoms with van der Waals surface area (Å²) in [7, 11) is 1.44. The molecule has 2 N–H and O–H groups in total. The van der Waals surface area contributed by atoms with Gasteiger partial charge >= 0.3 is 6.09 Å². The Morgan fingerprint density at radius 2 is 1.73 bits per heavy atom. The van der Waals surface area contributed by atoms with E-state index in [0.717, 1.165) is 22.3 Å². The first-order valence-electron chi connectivity index (χ1n) is 9.98. The molecule has 0 bridgehead atoms. The minimum absolute atomic E-state index is 0.220. The lowest BCUT2D eigenvalue weighted by Gasteiger charge is -2.34. The number of nitrogens with zero attached hydrogens (tertiary/aromatic N) is 1. The topological polar surface area (TPSA) is 79.2 Å². The Hall–Kier alpha value is -2.83. The zero-order chi connectivity index (χ0) is 21.9. The zero-order valence-corrected chi connectivity index (χ0v) is 17.9. The molecule has 1 aliphatic rings. The van der Waals surface area contributed by atoms with E-state index in [1.807, 2.05) is 57.2 Å². The summed E-state index contributed by atoms with van der Waals surface area (Å²) in [6.07, 6.45) is -0.934. The highest BCUT2D eigenvalue weighted by Gasteiger charge is 2.30. The third kappa shape index (κ3) is 5.20. The quantitative estimate of drug-likeness (QED) is 0.728. The van der Waals surface area contributed by atoms with E-state index in [4.69, 9.17) is 9.47 Å². The lowest BCUT2D eigenvalue weighted by atomic mass is 9.91. The fourth-order valence-corrected chi connectivity index (χ4v) is 3.51. The molecule has 1 amide bonds. The number of aromatic hydroxyl groups is 1. The van der Waals surface area contributed by atoms with Crippen molar-refractivity contribution in [3.63, 3.8) is 0 Å². The molecule has 1 unspecified atom stereocenters. The van der Waals surface area contributed by atoms with Crippen molar-refractivity contribution >= 4 is 11.7 Å². The third-order valence-electron chi connectivity index (χ3n) is 4.97. The van der Waals surface area contributed by atoms with Crippen LogP contribution in [0.2, 0.25) is 0 Å². The first-order chi connectivity index (χ1) is 14.2. The molecule has 0 aromatic heterocycles. The van der Waals surface area contributed by atoms with Gasteiger partial charge in [-0.05, 0) is 67.7 Å². The van der Waals surface area contributed by atoms with E-state index in [1.54, 1.807) is 17.0 Å². The molecule has 1 heterocycles. The van der Waals surface area contributed by atoms with Gasteiger partial charge in [0.25, 0.3) is 0 Å². The number of carbonyl (C=O) groups is 1. The van der Waals surface area contributed by atoms with Crippen LogP contribution in [-0.2, 0) is 9.47 Å². The second-order valence-electron chi connectivity index (χ2n) is 8.37. The van der Waals surface area contributed by atoms with Crippen LogP contribution in [0.15, 0.2) is 54.1 Å². The van der Waals surface area contributed by atoms with Gasteiger partial charge in [-0.15, -0.1) is 0 Å². The lowest BCUT2D eigenvalue weighted by molar-refractivity contribution is -0.0496. The van der Waals surface area contributed by atoms with Gasteiger partial charge in [-0.3, -0.25) is 0 Å². The van der Waals surface area contributed by atoms with Crippen LogP contribution in [0.1, 0.15) is 32.8 Å². The van der Waals surface area contributed by atoms with Crippen LogP contribution >= 0.6 is 0 Å². The molecular weight excluding hydrogens is 382 g/mol. The Labute approximate surface area is 177 Å². The number of methoxy groups -OCH3 is 1. The second kappa shape index (κ2) is 8.90. The van der Waals surface area contributed by atoms with Gasteiger partial charge in [0.15, 0.2) is 6.29 Å². The molecule has 0 fully saturated rings. The third-order valence-corrected chi connectivity index (χ3v) is 4.97. The first kappa shape index (κ1) is 21.9. The molecule has 6 nitrogen and oxygen atoms in total. The largest absolute Gasteiger partial charge is 0.508 e. The van der Waals surface area contributed by atoms with E-state index in [1.165, 1.54) is 7.11 Å². The van der Waals surface area contributed by atoms with E-state index in [0.29, 0.717) is 18.5 Å². The van der Waals surface area contributed by atoms with Crippen molar-refractivity contribution in [3.05, 3.63) is 59.7 Å². The van der Waals surface area contributed by atoms with Gasteiger partial charge in [0.2, 0.25) is 0 Å². The van der Waals surface area contributed by atoms with Gasteiger partial charge < -0.3 is 24.6 Å². The van der Waals surface area contributed by atoms with Crippen LogP contribution in [0.4, 0.5) is 4.79 Å². The number of ether oxygens (including phenoxy) is 2. The molecule has 6 heteroatoms. The van der Waals surface area contributed by atoms with Crippen molar-refractivity contribution in [3.8, 4) is 16.9 Å². The predicted octanol–water partition coefficient (Wildman–Crippen LogP) is 4.42. The number of amides is 1. The summed E-state index contributed by atoms with van der Waals surface area (Å²) in [5.74, 6) is 0.220. The van der Waals surface area contributed by atoms with Gasteiger partial charge in [0.1, 0.15) is 11.4 Å². The number of hydrogen-bond acceptors (Lipinski definition) is 5. The van der Waals surface area contributed by atoms with E-state index < -0.39 is 18.0 Å². The molecule has 2 aromatic rings. The van der Waals surface area contributed by atoms with E-state index >= 15 is 0 Å². The normalized spacial score (nSPS) is 15.8. The van der Waals surface area contributed by atoms with Gasteiger partial charge in [-0.2, -0.15) is 0 Å². The van der Waals surface area contributed by atoms with E-state index in [9.17, 15) is 15.0 Å². The number of rotatable bonds is 4.